The van der Waals surface area contributed by atoms with Gasteiger partial charge in [0.05, 0.1) is 25.4 Å². The third kappa shape index (κ3) is 4.48. The van der Waals surface area contributed by atoms with Gasteiger partial charge < -0.3 is 9.52 Å². The van der Waals surface area contributed by atoms with E-state index >= 15 is 0 Å². The smallest absolute Gasteiger partial charge is 0.401 e. The van der Waals surface area contributed by atoms with E-state index in [1.807, 2.05) is 0 Å². The van der Waals surface area contributed by atoms with Crippen LogP contribution in [0, 0.1) is 0 Å². The Bertz CT molecular complexity index is 361. The summed E-state index contributed by atoms with van der Waals surface area (Å²) in [6.45, 7) is -0.518. The molecule has 0 bridgehead atoms. The molecule has 17 heavy (non-hydrogen) atoms. The topological polar surface area (TPSA) is 53.7 Å². The molecular weight excluding hydrogens is 239 g/mol. The van der Waals surface area contributed by atoms with Crippen molar-refractivity contribution in [2.75, 3.05) is 13.1 Å². The van der Waals surface area contributed by atoms with E-state index in [4.69, 9.17) is 9.52 Å². The van der Waals surface area contributed by atoms with Gasteiger partial charge in [-0.2, -0.15) is 13.2 Å². The van der Waals surface area contributed by atoms with Crippen LogP contribution >= 0.6 is 0 Å². The SMILES string of the molecule is CC(c1ccco1)N(CC(=O)O)CC(F)(F)F. The van der Waals surface area contributed by atoms with Crippen LogP contribution in [-0.2, 0) is 4.79 Å². The normalized spacial score (nSPS) is 13.9. The van der Waals surface area contributed by atoms with E-state index < -0.39 is 31.3 Å². The Kier molecular flexibility index (Phi) is 4.17. The Labute approximate surface area is 95.6 Å². The standard InChI is InChI=1S/C10H12F3NO3/c1-7(8-3-2-4-17-8)14(5-9(15)16)6-10(11,12)13/h2-4,7H,5-6H2,1H3,(H,15,16). The zero-order chi connectivity index (χ0) is 13.1. The molecule has 1 heterocycles. The molecule has 1 unspecified atom stereocenters. The maximum atomic E-state index is 12.3. The molecule has 1 N–H and O–H groups in total. The third-order valence-electron chi connectivity index (χ3n) is 2.22. The Morgan fingerprint density at radius 1 is 1.59 bits per heavy atom. The lowest BCUT2D eigenvalue weighted by atomic mass is 10.2. The van der Waals surface area contributed by atoms with Crippen LogP contribution < -0.4 is 0 Å². The van der Waals surface area contributed by atoms with Gasteiger partial charge in [0.25, 0.3) is 0 Å². The van der Waals surface area contributed by atoms with Crippen LogP contribution in [0.5, 0.6) is 0 Å². The van der Waals surface area contributed by atoms with Gasteiger partial charge in [0.1, 0.15) is 5.76 Å². The largest absolute Gasteiger partial charge is 0.480 e. The lowest BCUT2D eigenvalue weighted by Gasteiger charge is -2.26. The number of alkyl halides is 3. The van der Waals surface area contributed by atoms with Gasteiger partial charge in [0.2, 0.25) is 0 Å². The van der Waals surface area contributed by atoms with Crippen LogP contribution in [0.1, 0.15) is 18.7 Å². The van der Waals surface area contributed by atoms with Crippen LogP contribution in [0.15, 0.2) is 22.8 Å². The van der Waals surface area contributed by atoms with E-state index in [0.717, 1.165) is 4.90 Å². The number of hydrogen-bond donors (Lipinski definition) is 1. The van der Waals surface area contributed by atoms with Crippen molar-refractivity contribution in [2.24, 2.45) is 0 Å². The molecule has 0 aliphatic rings. The fraction of sp³-hybridized carbons (Fsp3) is 0.500. The highest BCUT2D eigenvalue weighted by atomic mass is 19.4. The molecule has 0 radical (unpaired) electrons. The van der Waals surface area contributed by atoms with E-state index in [1.165, 1.54) is 19.3 Å². The molecule has 0 fully saturated rings. The second-order valence-corrected chi connectivity index (χ2v) is 3.61. The first-order valence-electron chi connectivity index (χ1n) is 4.85. The minimum atomic E-state index is -4.45. The maximum absolute atomic E-state index is 12.3. The number of aliphatic carboxylic acids is 1. The molecule has 1 aromatic heterocycles. The van der Waals surface area contributed by atoms with Crippen LogP contribution in [0.25, 0.3) is 0 Å². The minimum Gasteiger partial charge on any atom is -0.480 e. The van der Waals surface area contributed by atoms with Crippen LogP contribution in [0.2, 0.25) is 0 Å². The predicted molar refractivity (Wildman–Crippen MR) is 52.4 cm³/mol. The van der Waals surface area contributed by atoms with Gasteiger partial charge in [0.15, 0.2) is 0 Å². The van der Waals surface area contributed by atoms with Gasteiger partial charge in [0, 0.05) is 0 Å². The average Bonchev–Trinajstić information content (AvgIpc) is 2.65. The molecule has 1 rings (SSSR count). The van der Waals surface area contributed by atoms with Crippen LogP contribution in [-0.4, -0.2) is 35.2 Å². The molecule has 0 saturated carbocycles. The summed E-state index contributed by atoms with van der Waals surface area (Å²) in [6.07, 6.45) is -3.12. The highest BCUT2D eigenvalue weighted by Gasteiger charge is 2.34. The molecule has 0 aliphatic carbocycles. The second kappa shape index (κ2) is 5.22. The van der Waals surface area contributed by atoms with E-state index in [2.05, 4.69) is 0 Å². The number of halogens is 3. The Hall–Kier alpha value is -1.50. The van der Waals surface area contributed by atoms with Crippen molar-refractivity contribution >= 4 is 5.97 Å². The quantitative estimate of drug-likeness (QED) is 0.872. The first kappa shape index (κ1) is 13.6. The van der Waals surface area contributed by atoms with Gasteiger partial charge in [-0.3, -0.25) is 9.69 Å². The average molecular weight is 251 g/mol. The summed E-state index contributed by atoms with van der Waals surface area (Å²) in [4.78, 5) is 11.3. The molecule has 0 amide bonds. The van der Waals surface area contributed by atoms with Crippen molar-refractivity contribution in [3.63, 3.8) is 0 Å². The van der Waals surface area contributed by atoms with Crippen molar-refractivity contribution in [2.45, 2.75) is 19.1 Å². The highest BCUT2D eigenvalue weighted by Crippen LogP contribution is 2.25. The van der Waals surface area contributed by atoms with Crippen molar-refractivity contribution in [1.29, 1.82) is 0 Å². The molecule has 4 nitrogen and oxygen atoms in total. The molecule has 96 valence electrons. The fourth-order valence-electron chi connectivity index (χ4n) is 1.44. The summed E-state index contributed by atoms with van der Waals surface area (Å²) in [7, 11) is 0. The Morgan fingerprint density at radius 3 is 2.65 bits per heavy atom. The Balaban J connectivity index is 2.78. The fourth-order valence-corrected chi connectivity index (χ4v) is 1.44. The van der Waals surface area contributed by atoms with Gasteiger partial charge in [-0.05, 0) is 19.1 Å². The predicted octanol–water partition coefficient (Wildman–Crippen LogP) is 2.29. The monoisotopic (exact) mass is 251 g/mol. The summed E-state index contributed by atoms with van der Waals surface area (Å²) in [5.74, 6) is -1.01. The minimum absolute atomic E-state index is 0.301. The van der Waals surface area contributed by atoms with Gasteiger partial charge in [-0.15, -0.1) is 0 Å². The summed E-state index contributed by atoms with van der Waals surface area (Å²) in [5.41, 5.74) is 0. The summed E-state index contributed by atoms with van der Waals surface area (Å²) in [5, 5.41) is 8.59. The van der Waals surface area contributed by atoms with E-state index in [1.54, 1.807) is 6.07 Å². The van der Waals surface area contributed by atoms with Crippen LogP contribution in [0.4, 0.5) is 13.2 Å². The number of hydrogen-bond acceptors (Lipinski definition) is 3. The lowest BCUT2D eigenvalue weighted by Crippen LogP contribution is -2.39. The number of nitrogens with zero attached hydrogens (tertiary/aromatic N) is 1. The van der Waals surface area contributed by atoms with Crippen molar-refractivity contribution < 1.29 is 27.5 Å². The number of carboxylic acid groups (broad SMARTS) is 1. The molecule has 1 atom stereocenters. The lowest BCUT2D eigenvalue weighted by molar-refractivity contribution is -0.158. The summed E-state index contributed by atoms with van der Waals surface area (Å²) < 4.78 is 41.8. The number of furan rings is 1. The zero-order valence-electron chi connectivity index (χ0n) is 9.07. The van der Waals surface area contributed by atoms with Gasteiger partial charge in [-0.25, -0.2) is 0 Å². The maximum Gasteiger partial charge on any atom is 0.401 e. The van der Waals surface area contributed by atoms with Crippen LogP contribution in [0.3, 0.4) is 0 Å². The number of carboxylic acids is 1. The molecule has 7 heteroatoms. The Morgan fingerprint density at radius 2 is 2.24 bits per heavy atom. The zero-order valence-corrected chi connectivity index (χ0v) is 9.07. The summed E-state index contributed by atoms with van der Waals surface area (Å²) in [6, 6.07) is 2.30. The second-order valence-electron chi connectivity index (χ2n) is 3.61. The molecule has 0 spiro atoms. The molecule has 0 saturated heterocycles. The molecular formula is C10H12F3NO3. The molecule has 0 aliphatic heterocycles. The van der Waals surface area contributed by atoms with Crippen molar-refractivity contribution in [3.05, 3.63) is 24.2 Å². The summed E-state index contributed by atoms with van der Waals surface area (Å²) >= 11 is 0. The van der Waals surface area contributed by atoms with E-state index in [9.17, 15) is 18.0 Å². The first-order chi connectivity index (χ1) is 7.79. The van der Waals surface area contributed by atoms with E-state index in [0.29, 0.717) is 5.76 Å². The first-order valence-corrected chi connectivity index (χ1v) is 4.85. The van der Waals surface area contributed by atoms with Crippen molar-refractivity contribution in [3.8, 4) is 0 Å². The van der Waals surface area contributed by atoms with Gasteiger partial charge >= 0.3 is 12.1 Å². The number of rotatable bonds is 5. The number of carbonyl (C=O) groups is 1. The highest BCUT2D eigenvalue weighted by molar-refractivity contribution is 5.69. The van der Waals surface area contributed by atoms with Crippen molar-refractivity contribution in [1.82, 2.24) is 4.90 Å². The molecule has 0 aromatic carbocycles. The van der Waals surface area contributed by atoms with E-state index in [-0.39, 0.29) is 0 Å². The third-order valence-corrected chi connectivity index (χ3v) is 2.22. The van der Waals surface area contributed by atoms with Gasteiger partial charge in [-0.1, -0.05) is 0 Å². The molecule has 1 aromatic rings.